The van der Waals surface area contributed by atoms with Crippen molar-refractivity contribution in [2.24, 2.45) is 0 Å². The maximum atomic E-state index is 9.51. The van der Waals surface area contributed by atoms with E-state index in [9.17, 15) is 5.11 Å². The fourth-order valence-corrected chi connectivity index (χ4v) is 2.54. The molecule has 1 saturated heterocycles. The molecule has 1 aliphatic heterocycles. The minimum Gasteiger partial charge on any atom is -0.493 e. The minimum atomic E-state index is -0.219. The zero-order valence-corrected chi connectivity index (χ0v) is 11.4. The van der Waals surface area contributed by atoms with Gasteiger partial charge in [-0.15, -0.1) is 0 Å². The largest absolute Gasteiger partial charge is 0.493 e. The highest BCUT2D eigenvalue weighted by atomic mass is 35.5. The average Bonchev–Trinajstić information content (AvgIpc) is 2.77. The van der Waals surface area contributed by atoms with Crippen LogP contribution >= 0.6 is 11.6 Å². The first kappa shape index (κ1) is 13.5. The Morgan fingerprint density at radius 2 is 2.17 bits per heavy atom. The SMILES string of the molecule is COc1ccc(CN2CC[C@H](O)C2)c(Cl)c1OC. The molecule has 0 amide bonds. The van der Waals surface area contributed by atoms with E-state index in [1.165, 1.54) is 0 Å². The molecule has 1 aromatic rings. The zero-order chi connectivity index (χ0) is 13.1. The van der Waals surface area contributed by atoms with Crippen LogP contribution < -0.4 is 9.47 Å². The maximum Gasteiger partial charge on any atom is 0.179 e. The number of halogens is 1. The third kappa shape index (κ3) is 2.71. The Morgan fingerprint density at radius 1 is 1.39 bits per heavy atom. The number of β-amino-alcohol motifs (C(OH)–C–C–N with tert-alkyl or cyclic N) is 1. The zero-order valence-electron chi connectivity index (χ0n) is 10.6. The molecule has 5 heteroatoms. The Kier molecular flexibility index (Phi) is 4.32. The standard InChI is InChI=1S/C13H18ClNO3/c1-17-11-4-3-9(12(14)13(11)18-2)7-15-6-5-10(16)8-15/h3-4,10,16H,5-8H2,1-2H3/t10-/m0/s1. The topological polar surface area (TPSA) is 41.9 Å². The molecule has 0 spiro atoms. The van der Waals surface area contributed by atoms with Gasteiger partial charge in [-0.05, 0) is 18.1 Å². The van der Waals surface area contributed by atoms with Crippen molar-refractivity contribution in [3.8, 4) is 11.5 Å². The summed E-state index contributed by atoms with van der Waals surface area (Å²) in [6.45, 7) is 2.31. The summed E-state index contributed by atoms with van der Waals surface area (Å²) in [6, 6.07) is 3.79. The van der Waals surface area contributed by atoms with Crippen LogP contribution in [0.1, 0.15) is 12.0 Å². The highest BCUT2D eigenvalue weighted by molar-refractivity contribution is 6.33. The lowest BCUT2D eigenvalue weighted by atomic mass is 10.2. The predicted octanol–water partition coefficient (Wildman–Crippen LogP) is 1.92. The third-order valence-corrected chi connectivity index (χ3v) is 3.62. The van der Waals surface area contributed by atoms with Crippen LogP contribution in [0, 0.1) is 0 Å². The summed E-state index contributed by atoms with van der Waals surface area (Å²) >= 11 is 6.31. The van der Waals surface area contributed by atoms with Crippen LogP contribution in [0.4, 0.5) is 0 Å². The molecular weight excluding hydrogens is 254 g/mol. The van der Waals surface area contributed by atoms with Gasteiger partial charge in [0.25, 0.3) is 0 Å². The van der Waals surface area contributed by atoms with Crippen molar-refractivity contribution in [1.29, 1.82) is 0 Å². The lowest BCUT2D eigenvalue weighted by molar-refractivity contribution is 0.174. The molecule has 0 unspecified atom stereocenters. The van der Waals surface area contributed by atoms with Gasteiger partial charge in [0.2, 0.25) is 0 Å². The normalized spacial score (nSPS) is 20.1. The molecule has 1 aliphatic rings. The number of nitrogens with zero attached hydrogens (tertiary/aromatic N) is 1. The van der Waals surface area contributed by atoms with Crippen molar-refractivity contribution in [2.75, 3.05) is 27.3 Å². The summed E-state index contributed by atoms with van der Waals surface area (Å²) in [5.41, 5.74) is 0.989. The van der Waals surface area contributed by atoms with Gasteiger partial charge in [-0.2, -0.15) is 0 Å². The summed E-state index contributed by atoms with van der Waals surface area (Å²) < 4.78 is 10.5. The monoisotopic (exact) mass is 271 g/mol. The lowest BCUT2D eigenvalue weighted by Crippen LogP contribution is -2.21. The number of ether oxygens (including phenoxy) is 2. The summed E-state index contributed by atoms with van der Waals surface area (Å²) in [7, 11) is 3.16. The number of hydrogen-bond donors (Lipinski definition) is 1. The van der Waals surface area contributed by atoms with Gasteiger partial charge in [-0.1, -0.05) is 17.7 Å². The molecule has 0 aromatic heterocycles. The first-order valence-corrected chi connectivity index (χ1v) is 6.33. The fraction of sp³-hybridized carbons (Fsp3) is 0.538. The maximum absolute atomic E-state index is 9.51. The van der Waals surface area contributed by atoms with Gasteiger partial charge in [0.1, 0.15) is 0 Å². The number of aliphatic hydroxyl groups excluding tert-OH is 1. The molecule has 1 atom stereocenters. The second-order valence-corrected chi connectivity index (χ2v) is 4.83. The Balaban J connectivity index is 2.18. The van der Waals surface area contributed by atoms with Crippen LogP contribution in [0.5, 0.6) is 11.5 Å². The van der Waals surface area contributed by atoms with Crippen molar-refractivity contribution in [1.82, 2.24) is 4.90 Å². The highest BCUT2D eigenvalue weighted by Crippen LogP contribution is 2.37. The number of hydrogen-bond acceptors (Lipinski definition) is 4. The highest BCUT2D eigenvalue weighted by Gasteiger charge is 2.22. The molecule has 0 aliphatic carbocycles. The van der Waals surface area contributed by atoms with E-state index in [4.69, 9.17) is 21.1 Å². The van der Waals surface area contributed by atoms with E-state index in [0.29, 0.717) is 23.1 Å². The Hall–Kier alpha value is -0.970. The lowest BCUT2D eigenvalue weighted by Gasteiger charge is -2.18. The summed E-state index contributed by atoms with van der Waals surface area (Å²) in [5.74, 6) is 1.20. The first-order valence-electron chi connectivity index (χ1n) is 5.95. The molecule has 0 bridgehead atoms. The summed E-state index contributed by atoms with van der Waals surface area (Å²) in [6.07, 6.45) is 0.606. The number of benzene rings is 1. The Labute approximate surface area is 112 Å². The molecule has 4 nitrogen and oxygen atoms in total. The van der Waals surface area contributed by atoms with Crippen molar-refractivity contribution in [3.63, 3.8) is 0 Å². The van der Waals surface area contributed by atoms with E-state index in [1.807, 2.05) is 12.1 Å². The van der Waals surface area contributed by atoms with Gasteiger partial charge in [0.05, 0.1) is 25.3 Å². The first-order chi connectivity index (χ1) is 8.65. The Morgan fingerprint density at radius 3 is 2.72 bits per heavy atom. The van der Waals surface area contributed by atoms with Crippen LogP contribution in [0.25, 0.3) is 0 Å². The smallest absolute Gasteiger partial charge is 0.179 e. The number of methoxy groups -OCH3 is 2. The molecule has 1 fully saturated rings. The van der Waals surface area contributed by atoms with Gasteiger partial charge < -0.3 is 14.6 Å². The van der Waals surface area contributed by atoms with Gasteiger partial charge in [-0.25, -0.2) is 0 Å². The van der Waals surface area contributed by atoms with Gasteiger partial charge in [-0.3, -0.25) is 4.90 Å². The van der Waals surface area contributed by atoms with Gasteiger partial charge >= 0.3 is 0 Å². The van der Waals surface area contributed by atoms with Crippen molar-refractivity contribution >= 4 is 11.6 Å². The quantitative estimate of drug-likeness (QED) is 0.909. The minimum absolute atomic E-state index is 0.219. The number of likely N-dealkylation sites (tertiary alicyclic amines) is 1. The molecule has 0 saturated carbocycles. The molecule has 2 rings (SSSR count). The molecular formula is C13H18ClNO3. The second kappa shape index (κ2) is 5.78. The van der Waals surface area contributed by atoms with Crippen LogP contribution in [0.15, 0.2) is 12.1 Å². The van der Waals surface area contributed by atoms with Crippen LogP contribution in [-0.2, 0) is 6.54 Å². The molecule has 0 radical (unpaired) electrons. The van der Waals surface area contributed by atoms with E-state index in [2.05, 4.69) is 4.90 Å². The summed E-state index contributed by atoms with van der Waals surface area (Å²) in [4.78, 5) is 2.18. The van der Waals surface area contributed by atoms with E-state index in [0.717, 1.165) is 25.1 Å². The molecule has 18 heavy (non-hydrogen) atoms. The van der Waals surface area contributed by atoms with Crippen molar-refractivity contribution in [3.05, 3.63) is 22.7 Å². The number of rotatable bonds is 4. The fourth-order valence-electron chi connectivity index (χ4n) is 2.25. The molecule has 1 aromatic carbocycles. The van der Waals surface area contributed by atoms with E-state index in [-0.39, 0.29) is 6.10 Å². The van der Waals surface area contributed by atoms with E-state index < -0.39 is 0 Å². The van der Waals surface area contributed by atoms with Crippen LogP contribution in [0.3, 0.4) is 0 Å². The van der Waals surface area contributed by atoms with E-state index >= 15 is 0 Å². The predicted molar refractivity (Wildman–Crippen MR) is 70.5 cm³/mol. The average molecular weight is 272 g/mol. The second-order valence-electron chi connectivity index (χ2n) is 4.45. The van der Waals surface area contributed by atoms with Crippen LogP contribution in [-0.4, -0.2) is 43.4 Å². The van der Waals surface area contributed by atoms with E-state index in [1.54, 1.807) is 14.2 Å². The Bertz CT molecular complexity index is 425. The summed E-state index contributed by atoms with van der Waals surface area (Å²) in [5, 5.41) is 10.1. The van der Waals surface area contributed by atoms with Gasteiger partial charge in [0, 0.05) is 19.6 Å². The van der Waals surface area contributed by atoms with Crippen molar-refractivity contribution < 1.29 is 14.6 Å². The molecule has 1 heterocycles. The number of aliphatic hydroxyl groups is 1. The molecule has 1 N–H and O–H groups in total. The van der Waals surface area contributed by atoms with Gasteiger partial charge in [0.15, 0.2) is 11.5 Å². The third-order valence-electron chi connectivity index (χ3n) is 3.21. The van der Waals surface area contributed by atoms with Crippen LogP contribution in [0.2, 0.25) is 5.02 Å². The van der Waals surface area contributed by atoms with Crippen molar-refractivity contribution in [2.45, 2.75) is 19.1 Å². The molecule has 100 valence electrons.